The zero-order chi connectivity index (χ0) is 15.1. The molecule has 4 rings (SSSR count). The molecule has 5 heteroatoms. The number of fused-ring (bicyclic) bond motifs is 2. The van der Waals surface area contributed by atoms with Crippen molar-refractivity contribution in [2.75, 3.05) is 0 Å². The molecule has 0 aliphatic carbocycles. The summed E-state index contributed by atoms with van der Waals surface area (Å²) in [6.07, 6.45) is 0. The van der Waals surface area contributed by atoms with E-state index in [0.29, 0.717) is 11.0 Å². The molecule has 0 unspecified atom stereocenters. The number of nitrogens with zero attached hydrogens (tertiary/aromatic N) is 2. The third kappa shape index (κ3) is 1.95. The Morgan fingerprint density at radius 1 is 0.955 bits per heavy atom. The largest absolute Gasteiger partial charge is 0.306 e. The molecule has 0 atom stereocenters. The van der Waals surface area contributed by atoms with Crippen LogP contribution in [0, 0.1) is 5.82 Å². The van der Waals surface area contributed by atoms with Gasteiger partial charge in [-0.05, 0) is 24.3 Å². The molecular formula is C17H10FN3O. The van der Waals surface area contributed by atoms with Crippen molar-refractivity contribution in [1.82, 2.24) is 15.0 Å². The average Bonchev–Trinajstić information content (AvgIpc) is 2.53. The summed E-state index contributed by atoms with van der Waals surface area (Å²) in [6.45, 7) is 0. The van der Waals surface area contributed by atoms with Crippen LogP contribution in [0.1, 0.15) is 0 Å². The van der Waals surface area contributed by atoms with Crippen molar-refractivity contribution >= 4 is 21.9 Å². The second-order valence-corrected chi connectivity index (χ2v) is 4.95. The fraction of sp³-hybridized carbons (Fsp3) is 0. The Hall–Kier alpha value is -3.08. The van der Waals surface area contributed by atoms with Crippen molar-refractivity contribution in [3.8, 4) is 11.4 Å². The van der Waals surface area contributed by atoms with E-state index in [2.05, 4.69) is 15.0 Å². The minimum atomic E-state index is -0.439. The summed E-state index contributed by atoms with van der Waals surface area (Å²) < 4.78 is 13.9. The van der Waals surface area contributed by atoms with Gasteiger partial charge in [0.1, 0.15) is 11.6 Å². The van der Waals surface area contributed by atoms with Gasteiger partial charge in [-0.25, -0.2) is 14.4 Å². The number of nitrogens with one attached hydrogen (secondary N) is 1. The number of rotatable bonds is 1. The first-order valence-corrected chi connectivity index (χ1v) is 6.77. The summed E-state index contributed by atoms with van der Waals surface area (Å²) in [5.41, 5.74) is 0.964. The quantitative estimate of drug-likeness (QED) is 0.547. The zero-order valence-corrected chi connectivity index (χ0v) is 11.4. The van der Waals surface area contributed by atoms with Crippen molar-refractivity contribution in [1.29, 1.82) is 0 Å². The van der Waals surface area contributed by atoms with E-state index in [1.807, 2.05) is 24.3 Å². The number of aromatic nitrogens is 3. The molecule has 0 radical (unpaired) electrons. The molecule has 2 aromatic heterocycles. The van der Waals surface area contributed by atoms with E-state index in [0.717, 1.165) is 10.9 Å². The molecule has 2 aromatic carbocycles. The van der Waals surface area contributed by atoms with Crippen LogP contribution in [0.15, 0.2) is 59.4 Å². The van der Waals surface area contributed by atoms with E-state index < -0.39 is 5.82 Å². The Kier molecular flexibility index (Phi) is 2.72. The van der Waals surface area contributed by atoms with E-state index in [-0.39, 0.29) is 16.9 Å². The lowest BCUT2D eigenvalue weighted by Crippen LogP contribution is -2.11. The molecule has 0 aliphatic heterocycles. The fourth-order valence-electron chi connectivity index (χ4n) is 2.45. The van der Waals surface area contributed by atoms with Crippen LogP contribution in [0.5, 0.6) is 0 Å². The average molecular weight is 291 g/mol. The lowest BCUT2D eigenvalue weighted by Gasteiger charge is -2.05. The van der Waals surface area contributed by atoms with Crippen LogP contribution >= 0.6 is 0 Å². The molecule has 0 spiro atoms. The topological polar surface area (TPSA) is 58.6 Å². The predicted molar refractivity (Wildman–Crippen MR) is 83.1 cm³/mol. The SMILES string of the molecule is O=c1[nH]c(-c2ccccc2F)nc2nc3ccccc3cc12. The Labute approximate surface area is 124 Å². The van der Waals surface area contributed by atoms with Crippen LogP contribution in [-0.4, -0.2) is 15.0 Å². The Morgan fingerprint density at radius 2 is 1.73 bits per heavy atom. The summed E-state index contributed by atoms with van der Waals surface area (Å²) in [4.78, 5) is 23.6. The lowest BCUT2D eigenvalue weighted by atomic mass is 10.1. The van der Waals surface area contributed by atoms with Crippen molar-refractivity contribution in [2.45, 2.75) is 0 Å². The van der Waals surface area contributed by atoms with Gasteiger partial charge >= 0.3 is 0 Å². The highest BCUT2D eigenvalue weighted by atomic mass is 19.1. The van der Waals surface area contributed by atoms with Gasteiger partial charge in [0, 0.05) is 5.39 Å². The molecule has 0 saturated carbocycles. The summed E-state index contributed by atoms with van der Waals surface area (Å²) in [5, 5.41) is 1.25. The van der Waals surface area contributed by atoms with E-state index >= 15 is 0 Å². The first-order chi connectivity index (χ1) is 10.7. The van der Waals surface area contributed by atoms with Gasteiger partial charge in [0.2, 0.25) is 0 Å². The third-order valence-corrected chi connectivity index (χ3v) is 3.53. The van der Waals surface area contributed by atoms with Crippen LogP contribution in [-0.2, 0) is 0 Å². The number of aromatic amines is 1. The zero-order valence-electron chi connectivity index (χ0n) is 11.4. The van der Waals surface area contributed by atoms with Gasteiger partial charge < -0.3 is 4.98 Å². The number of benzene rings is 2. The lowest BCUT2D eigenvalue weighted by molar-refractivity contribution is 0.630. The van der Waals surface area contributed by atoms with Crippen LogP contribution in [0.3, 0.4) is 0 Å². The van der Waals surface area contributed by atoms with E-state index in [9.17, 15) is 9.18 Å². The number of pyridine rings is 1. The van der Waals surface area contributed by atoms with Crippen LogP contribution < -0.4 is 5.56 Å². The van der Waals surface area contributed by atoms with Crippen molar-refractivity contribution in [2.24, 2.45) is 0 Å². The van der Waals surface area contributed by atoms with Crippen molar-refractivity contribution in [3.63, 3.8) is 0 Å². The maximum atomic E-state index is 13.9. The van der Waals surface area contributed by atoms with E-state index in [1.54, 1.807) is 24.3 Å². The summed E-state index contributed by atoms with van der Waals surface area (Å²) in [6, 6.07) is 15.4. The number of para-hydroxylation sites is 1. The minimum absolute atomic E-state index is 0.179. The standard InChI is InChI=1S/C17H10FN3O/c18-13-7-3-2-6-11(13)15-20-16-12(17(22)21-15)9-10-5-1-4-8-14(10)19-16/h1-9H,(H,19,20,21,22). The Bertz CT molecular complexity index is 1070. The van der Waals surface area contributed by atoms with E-state index in [4.69, 9.17) is 0 Å². The van der Waals surface area contributed by atoms with E-state index in [1.165, 1.54) is 6.07 Å². The molecule has 0 bridgehead atoms. The predicted octanol–water partition coefficient (Wildman–Crippen LogP) is 3.28. The molecule has 0 amide bonds. The van der Waals surface area contributed by atoms with Gasteiger partial charge in [-0.1, -0.05) is 30.3 Å². The van der Waals surface area contributed by atoms with Crippen molar-refractivity contribution in [3.05, 3.63) is 70.8 Å². The molecule has 4 nitrogen and oxygen atoms in total. The number of H-pyrrole nitrogens is 1. The second kappa shape index (κ2) is 4.73. The van der Waals surface area contributed by atoms with Gasteiger partial charge in [0.05, 0.1) is 16.5 Å². The third-order valence-electron chi connectivity index (χ3n) is 3.53. The molecule has 0 aliphatic rings. The molecule has 1 N–H and O–H groups in total. The normalized spacial score (nSPS) is 11.1. The fourth-order valence-corrected chi connectivity index (χ4v) is 2.45. The summed E-state index contributed by atoms with van der Waals surface area (Å²) in [5.74, 6) is -0.260. The summed E-state index contributed by atoms with van der Waals surface area (Å²) >= 11 is 0. The maximum absolute atomic E-state index is 13.9. The number of halogens is 1. The summed E-state index contributed by atoms with van der Waals surface area (Å²) in [7, 11) is 0. The highest BCUT2D eigenvalue weighted by Gasteiger charge is 2.11. The highest BCUT2D eigenvalue weighted by molar-refractivity contribution is 5.90. The molecule has 106 valence electrons. The molecule has 22 heavy (non-hydrogen) atoms. The van der Waals surface area contributed by atoms with Crippen molar-refractivity contribution < 1.29 is 4.39 Å². The Morgan fingerprint density at radius 3 is 2.59 bits per heavy atom. The monoisotopic (exact) mass is 291 g/mol. The number of hydrogen-bond acceptors (Lipinski definition) is 3. The number of hydrogen-bond donors (Lipinski definition) is 1. The first kappa shape index (κ1) is 12.6. The van der Waals surface area contributed by atoms with Gasteiger partial charge in [-0.15, -0.1) is 0 Å². The van der Waals surface area contributed by atoms with Gasteiger partial charge in [0.25, 0.3) is 5.56 Å². The van der Waals surface area contributed by atoms with Gasteiger partial charge in [-0.2, -0.15) is 0 Å². The Balaban J connectivity index is 2.06. The smallest absolute Gasteiger partial charge is 0.260 e. The second-order valence-electron chi connectivity index (χ2n) is 4.95. The van der Waals surface area contributed by atoms with Crippen LogP contribution in [0.25, 0.3) is 33.3 Å². The molecular weight excluding hydrogens is 281 g/mol. The molecule has 4 aromatic rings. The molecule has 0 saturated heterocycles. The molecule has 2 heterocycles. The van der Waals surface area contributed by atoms with Gasteiger partial charge in [0.15, 0.2) is 5.65 Å². The van der Waals surface area contributed by atoms with Gasteiger partial charge in [-0.3, -0.25) is 4.79 Å². The molecule has 0 fully saturated rings. The highest BCUT2D eigenvalue weighted by Crippen LogP contribution is 2.20. The van der Waals surface area contributed by atoms with Crippen LogP contribution in [0.2, 0.25) is 0 Å². The van der Waals surface area contributed by atoms with Crippen LogP contribution in [0.4, 0.5) is 4.39 Å². The minimum Gasteiger partial charge on any atom is -0.306 e. The maximum Gasteiger partial charge on any atom is 0.260 e. The first-order valence-electron chi connectivity index (χ1n) is 6.77.